The zero-order chi connectivity index (χ0) is 6.85. The number of aromatic hydroxyl groups is 1. The molecule has 0 spiro atoms. The van der Waals surface area contributed by atoms with Gasteiger partial charge in [-0.2, -0.15) is 0 Å². The molecule has 0 bridgehead atoms. The van der Waals surface area contributed by atoms with Crippen molar-refractivity contribution in [1.82, 2.24) is 0 Å². The molecule has 50 valence electrons. The topological polar surface area (TPSA) is 55.5 Å². The predicted octanol–water partition coefficient (Wildman–Crippen LogP) is 1.04. The van der Waals surface area contributed by atoms with Crippen LogP contribution in [0.5, 0.6) is 10.8 Å². The number of rotatable bonds is 1. The first-order valence-electron chi connectivity index (χ1n) is 2.36. The monoisotopic (exact) mass is 145 g/mol. The van der Waals surface area contributed by atoms with Crippen LogP contribution in [-0.2, 0) is 0 Å². The quantitative estimate of drug-likeness (QED) is 0.621. The molecule has 0 amide bonds. The van der Waals surface area contributed by atoms with E-state index in [-0.39, 0.29) is 5.06 Å². The fourth-order valence-electron chi connectivity index (χ4n) is 0.535. The Labute approximate surface area is 56.7 Å². The summed E-state index contributed by atoms with van der Waals surface area (Å²) in [4.78, 5) is 0. The Morgan fingerprint density at radius 2 is 2.44 bits per heavy atom. The number of nitrogen functional groups attached to an aromatic ring is 1. The molecular weight excluding hydrogens is 138 g/mol. The van der Waals surface area contributed by atoms with Gasteiger partial charge in [-0.15, -0.1) is 0 Å². The van der Waals surface area contributed by atoms with Crippen LogP contribution in [0.4, 0.5) is 5.00 Å². The molecule has 3 N–H and O–H groups in total. The highest BCUT2D eigenvalue weighted by molar-refractivity contribution is 7.18. The van der Waals surface area contributed by atoms with Crippen LogP contribution in [0.3, 0.4) is 0 Å². The lowest BCUT2D eigenvalue weighted by molar-refractivity contribution is 0.415. The molecule has 1 heterocycles. The molecule has 0 atom stereocenters. The second-order valence-corrected chi connectivity index (χ2v) is 2.58. The summed E-state index contributed by atoms with van der Waals surface area (Å²) in [6.45, 7) is 0. The summed E-state index contributed by atoms with van der Waals surface area (Å²) in [5, 5.41) is 9.52. The molecule has 0 unspecified atom stereocenters. The van der Waals surface area contributed by atoms with E-state index in [1.165, 1.54) is 13.2 Å². The van der Waals surface area contributed by atoms with Crippen molar-refractivity contribution in [1.29, 1.82) is 0 Å². The summed E-state index contributed by atoms with van der Waals surface area (Å²) in [5.74, 6) is 0.539. The van der Waals surface area contributed by atoms with Gasteiger partial charge < -0.3 is 15.6 Å². The van der Waals surface area contributed by atoms with E-state index < -0.39 is 0 Å². The number of hydrogen-bond donors (Lipinski definition) is 2. The highest BCUT2D eigenvalue weighted by atomic mass is 32.1. The van der Waals surface area contributed by atoms with Gasteiger partial charge in [-0.25, -0.2) is 0 Å². The highest BCUT2D eigenvalue weighted by Crippen LogP contribution is 2.35. The summed E-state index contributed by atoms with van der Waals surface area (Å²) >= 11 is 1.10. The average Bonchev–Trinajstić information content (AvgIpc) is 2.10. The minimum atomic E-state index is 0.185. The number of thiophene rings is 1. The molecule has 4 heteroatoms. The van der Waals surface area contributed by atoms with Gasteiger partial charge in [0.25, 0.3) is 0 Å². The van der Waals surface area contributed by atoms with Gasteiger partial charge in [0.05, 0.1) is 7.11 Å². The second kappa shape index (κ2) is 2.14. The molecule has 0 fully saturated rings. The standard InChI is InChI=1S/C5H7NO2S/c1-8-3-2-4(7)9-5(3)6/h2,7H,6H2,1H3. The number of ether oxygens (including phenoxy) is 1. The number of anilines is 1. The van der Waals surface area contributed by atoms with Gasteiger partial charge in [0, 0.05) is 6.07 Å². The Kier molecular flexibility index (Phi) is 1.48. The van der Waals surface area contributed by atoms with E-state index in [1.54, 1.807) is 0 Å². The van der Waals surface area contributed by atoms with Crippen molar-refractivity contribution in [3.63, 3.8) is 0 Å². The summed E-state index contributed by atoms with van der Waals surface area (Å²) in [7, 11) is 1.51. The fourth-order valence-corrected chi connectivity index (χ4v) is 1.17. The number of hydrogen-bond acceptors (Lipinski definition) is 4. The van der Waals surface area contributed by atoms with Crippen molar-refractivity contribution in [3.05, 3.63) is 6.07 Å². The SMILES string of the molecule is COc1cc(O)sc1N. The lowest BCUT2D eigenvalue weighted by atomic mass is 10.5. The smallest absolute Gasteiger partial charge is 0.176 e. The summed E-state index contributed by atoms with van der Waals surface area (Å²) < 4.78 is 4.79. The van der Waals surface area contributed by atoms with E-state index in [1.807, 2.05) is 0 Å². The molecule has 0 aliphatic rings. The third-order valence-corrected chi connectivity index (χ3v) is 1.68. The summed E-state index contributed by atoms with van der Waals surface area (Å²) in [5.41, 5.74) is 5.39. The maximum atomic E-state index is 8.82. The zero-order valence-corrected chi connectivity index (χ0v) is 5.73. The third-order valence-electron chi connectivity index (χ3n) is 0.932. The molecule has 0 radical (unpaired) electrons. The molecule has 9 heavy (non-hydrogen) atoms. The van der Waals surface area contributed by atoms with Crippen molar-refractivity contribution < 1.29 is 9.84 Å². The van der Waals surface area contributed by atoms with Gasteiger partial charge in [0.1, 0.15) is 5.00 Å². The van der Waals surface area contributed by atoms with Gasteiger partial charge in [-0.1, -0.05) is 11.3 Å². The lowest BCUT2D eigenvalue weighted by Gasteiger charge is -1.92. The van der Waals surface area contributed by atoms with Gasteiger partial charge in [0.2, 0.25) is 0 Å². The minimum Gasteiger partial charge on any atom is -0.499 e. The Balaban J connectivity index is 3.01. The van der Waals surface area contributed by atoms with Gasteiger partial charge in [-0.05, 0) is 0 Å². The van der Waals surface area contributed by atoms with E-state index in [4.69, 9.17) is 15.6 Å². The molecule has 1 aromatic heterocycles. The Hall–Kier alpha value is -0.900. The Morgan fingerprint density at radius 3 is 2.67 bits per heavy atom. The maximum Gasteiger partial charge on any atom is 0.176 e. The van der Waals surface area contributed by atoms with Crippen LogP contribution in [0.25, 0.3) is 0 Å². The summed E-state index contributed by atoms with van der Waals surface area (Å²) in [6.07, 6.45) is 0. The van der Waals surface area contributed by atoms with Crippen molar-refractivity contribution >= 4 is 16.3 Å². The van der Waals surface area contributed by atoms with Crippen molar-refractivity contribution in [2.45, 2.75) is 0 Å². The van der Waals surface area contributed by atoms with Gasteiger partial charge in [-0.3, -0.25) is 0 Å². The largest absolute Gasteiger partial charge is 0.499 e. The Morgan fingerprint density at radius 1 is 1.78 bits per heavy atom. The van der Waals surface area contributed by atoms with Crippen molar-refractivity contribution in [3.8, 4) is 10.8 Å². The molecule has 0 saturated heterocycles. The molecule has 0 aromatic carbocycles. The molecule has 0 saturated carbocycles. The fraction of sp³-hybridized carbons (Fsp3) is 0.200. The lowest BCUT2D eigenvalue weighted by Crippen LogP contribution is -1.84. The first kappa shape index (κ1) is 6.22. The van der Waals surface area contributed by atoms with Crippen LogP contribution in [0.2, 0.25) is 0 Å². The van der Waals surface area contributed by atoms with Crippen molar-refractivity contribution in [2.75, 3.05) is 12.8 Å². The van der Waals surface area contributed by atoms with Crippen LogP contribution in [0.1, 0.15) is 0 Å². The van der Waals surface area contributed by atoms with Crippen LogP contribution in [0.15, 0.2) is 6.07 Å². The van der Waals surface area contributed by atoms with Crippen LogP contribution >= 0.6 is 11.3 Å². The Bertz CT molecular complexity index is 209. The molecule has 1 rings (SSSR count). The van der Waals surface area contributed by atoms with E-state index >= 15 is 0 Å². The second-order valence-electron chi connectivity index (χ2n) is 1.52. The minimum absolute atomic E-state index is 0.185. The van der Waals surface area contributed by atoms with Gasteiger partial charge in [0.15, 0.2) is 10.8 Å². The molecule has 0 aliphatic carbocycles. The third kappa shape index (κ3) is 1.08. The highest BCUT2D eigenvalue weighted by Gasteiger charge is 2.02. The number of nitrogens with two attached hydrogens (primary N) is 1. The molecule has 3 nitrogen and oxygen atoms in total. The number of methoxy groups -OCH3 is 1. The predicted molar refractivity (Wildman–Crippen MR) is 36.9 cm³/mol. The van der Waals surface area contributed by atoms with E-state index in [0.29, 0.717) is 10.8 Å². The van der Waals surface area contributed by atoms with E-state index in [2.05, 4.69) is 0 Å². The maximum absolute atomic E-state index is 8.82. The molecular formula is C5H7NO2S. The van der Waals surface area contributed by atoms with Crippen molar-refractivity contribution in [2.24, 2.45) is 0 Å². The molecule has 0 aliphatic heterocycles. The average molecular weight is 145 g/mol. The summed E-state index contributed by atoms with van der Waals surface area (Å²) in [6, 6.07) is 1.49. The van der Waals surface area contributed by atoms with E-state index in [9.17, 15) is 0 Å². The first-order chi connectivity index (χ1) is 4.24. The van der Waals surface area contributed by atoms with E-state index in [0.717, 1.165) is 11.3 Å². The van der Waals surface area contributed by atoms with Crippen LogP contribution < -0.4 is 10.5 Å². The normalized spacial score (nSPS) is 9.44. The molecule has 1 aromatic rings. The van der Waals surface area contributed by atoms with Crippen LogP contribution in [-0.4, -0.2) is 12.2 Å². The van der Waals surface area contributed by atoms with Crippen LogP contribution in [0, 0.1) is 0 Å². The van der Waals surface area contributed by atoms with Gasteiger partial charge >= 0.3 is 0 Å². The first-order valence-corrected chi connectivity index (χ1v) is 3.18. The zero-order valence-electron chi connectivity index (χ0n) is 4.92.